The van der Waals surface area contributed by atoms with Crippen LogP contribution in [0.15, 0.2) is 18.2 Å². The standard InChI is InChI=1S/C12H12F3N3/c1-18-10(12(13,14)15)9-7(11(16)5-6-11)3-2-4-8(9)17-18/h2-4H,5-6,16H2,1H3. The molecule has 1 fully saturated rings. The number of alkyl halides is 3. The van der Waals surface area contributed by atoms with E-state index in [1.807, 2.05) is 0 Å². The van der Waals surface area contributed by atoms with Crippen molar-refractivity contribution >= 4 is 10.9 Å². The Morgan fingerprint density at radius 3 is 2.56 bits per heavy atom. The molecule has 3 nitrogen and oxygen atoms in total. The molecule has 0 saturated heterocycles. The van der Waals surface area contributed by atoms with E-state index in [9.17, 15) is 13.2 Å². The fourth-order valence-corrected chi connectivity index (χ4v) is 2.39. The Kier molecular flexibility index (Phi) is 2.09. The summed E-state index contributed by atoms with van der Waals surface area (Å²) in [7, 11) is 1.31. The predicted molar refractivity (Wildman–Crippen MR) is 60.8 cm³/mol. The molecule has 1 aromatic carbocycles. The van der Waals surface area contributed by atoms with Gasteiger partial charge < -0.3 is 5.73 Å². The minimum absolute atomic E-state index is 0.146. The first kappa shape index (κ1) is 11.5. The smallest absolute Gasteiger partial charge is 0.321 e. The van der Waals surface area contributed by atoms with Crippen molar-refractivity contribution in [2.75, 3.05) is 0 Å². The minimum atomic E-state index is -4.43. The summed E-state index contributed by atoms with van der Waals surface area (Å²) in [5.74, 6) is 0. The number of hydrogen-bond acceptors (Lipinski definition) is 2. The molecule has 18 heavy (non-hydrogen) atoms. The summed E-state index contributed by atoms with van der Waals surface area (Å²) < 4.78 is 40.2. The van der Waals surface area contributed by atoms with Crippen molar-refractivity contribution in [2.45, 2.75) is 24.6 Å². The molecular formula is C12H12F3N3. The summed E-state index contributed by atoms with van der Waals surface area (Å²) in [6.45, 7) is 0. The maximum absolute atomic E-state index is 13.1. The Balaban J connectivity index is 2.38. The molecule has 96 valence electrons. The molecule has 0 atom stereocenters. The minimum Gasteiger partial charge on any atom is -0.321 e. The van der Waals surface area contributed by atoms with Gasteiger partial charge in [-0.15, -0.1) is 0 Å². The first-order chi connectivity index (χ1) is 8.33. The highest BCUT2D eigenvalue weighted by molar-refractivity contribution is 5.87. The van der Waals surface area contributed by atoms with Gasteiger partial charge in [-0.05, 0) is 24.5 Å². The van der Waals surface area contributed by atoms with E-state index < -0.39 is 17.4 Å². The van der Waals surface area contributed by atoms with Gasteiger partial charge in [0.15, 0.2) is 0 Å². The van der Waals surface area contributed by atoms with Gasteiger partial charge in [-0.1, -0.05) is 12.1 Å². The van der Waals surface area contributed by atoms with Crippen LogP contribution in [0.3, 0.4) is 0 Å². The van der Waals surface area contributed by atoms with E-state index in [1.54, 1.807) is 18.2 Å². The number of rotatable bonds is 1. The van der Waals surface area contributed by atoms with Gasteiger partial charge in [-0.3, -0.25) is 4.68 Å². The number of nitrogens with zero attached hydrogens (tertiary/aromatic N) is 2. The van der Waals surface area contributed by atoms with Crippen LogP contribution < -0.4 is 5.73 Å². The lowest BCUT2D eigenvalue weighted by Gasteiger charge is -2.13. The van der Waals surface area contributed by atoms with Crippen LogP contribution in [0.2, 0.25) is 0 Å². The molecule has 2 aromatic rings. The summed E-state index contributed by atoms with van der Waals surface area (Å²) in [4.78, 5) is 0. The van der Waals surface area contributed by atoms with Gasteiger partial charge in [0.25, 0.3) is 0 Å². The average molecular weight is 255 g/mol. The van der Waals surface area contributed by atoms with Crippen molar-refractivity contribution < 1.29 is 13.2 Å². The second kappa shape index (κ2) is 3.26. The third-order valence-corrected chi connectivity index (χ3v) is 3.45. The van der Waals surface area contributed by atoms with Crippen molar-refractivity contribution in [3.8, 4) is 0 Å². The number of nitrogens with two attached hydrogens (primary N) is 1. The first-order valence-corrected chi connectivity index (χ1v) is 5.65. The van der Waals surface area contributed by atoms with Crippen LogP contribution in [-0.4, -0.2) is 9.78 Å². The maximum atomic E-state index is 13.1. The van der Waals surface area contributed by atoms with Gasteiger partial charge in [0.2, 0.25) is 0 Å². The number of benzene rings is 1. The molecule has 1 saturated carbocycles. The highest BCUT2D eigenvalue weighted by Gasteiger charge is 2.45. The monoisotopic (exact) mass is 255 g/mol. The molecule has 0 amide bonds. The molecular weight excluding hydrogens is 243 g/mol. The molecule has 0 unspecified atom stereocenters. The number of hydrogen-bond donors (Lipinski definition) is 1. The summed E-state index contributed by atoms with van der Waals surface area (Å²) in [5.41, 5.74) is 5.63. The third kappa shape index (κ3) is 1.52. The zero-order valence-corrected chi connectivity index (χ0v) is 9.75. The lowest BCUT2D eigenvalue weighted by molar-refractivity contribution is -0.142. The van der Waals surface area contributed by atoms with Crippen LogP contribution >= 0.6 is 0 Å². The van der Waals surface area contributed by atoms with E-state index in [2.05, 4.69) is 5.10 Å². The SMILES string of the molecule is Cn1nc2cccc(C3(N)CC3)c2c1C(F)(F)F. The lowest BCUT2D eigenvalue weighted by atomic mass is 9.99. The fraction of sp³-hybridized carbons (Fsp3) is 0.417. The Labute approximate surface area is 101 Å². The average Bonchev–Trinajstić information content (AvgIpc) is 2.89. The quantitative estimate of drug-likeness (QED) is 0.851. The summed E-state index contributed by atoms with van der Waals surface area (Å²) in [6.07, 6.45) is -2.98. The normalized spacial score (nSPS) is 18.3. The van der Waals surface area contributed by atoms with E-state index in [1.165, 1.54) is 7.05 Å². The van der Waals surface area contributed by atoms with Gasteiger partial charge in [-0.25, -0.2) is 0 Å². The Hall–Kier alpha value is -1.56. The maximum Gasteiger partial charge on any atom is 0.433 e. The molecule has 2 N–H and O–H groups in total. The van der Waals surface area contributed by atoms with Gasteiger partial charge in [0, 0.05) is 18.0 Å². The Morgan fingerprint density at radius 2 is 2.00 bits per heavy atom. The highest BCUT2D eigenvalue weighted by atomic mass is 19.4. The summed E-state index contributed by atoms with van der Waals surface area (Å²) >= 11 is 0. The van der Waals surface area contributed by atoms with E-state index >= 15 is 0 Å². The van der Waals surface area contributed by atoms with Crippen LogP contribution in [0, 0.1) is 0 Å². The van der Waals surface area contributed by atoms with Crippen LogP contribution in [0.4, 0.5) is 13.2 Å². The third-order valence-electron chi connectivity index (χ3n) is 3.45. The topological polar surface area (TPSA) is 43.8 Å². The molecule has 1 heterocycles. The van der Waals surface area contributed by atoms with E-state index in [0.717, 1.165) is 17.5 Å². The fourth-order valence-electron chi connectivity index (χ4n) is 2.39. The molecule has 6 heteroatoms. The van der Waals surface area contributed by atoms with Gasteiger partial charge in [0.05, 0.1) is 5.52 Å². The van der Waals surface area contributed by atoms with E-state index in [4.69, 9.17) is 5.73 Å². The van der Waals surface area contributed by atoms with E-state index in [0.29, 0.717) is 11.1 Å². The number of halogens is 3. The second-order valence-electron chi connectivity index (χ2n) is 4.83. The number of aromatic nitrogens is 2. The summed E-state index contributed by atoms with van der Waals surface area (Å²) in [6, 6.07) is 4.96. The molecule has 1 aliphatic rings. The zero-order chi connectivity index (χ0) is 13.1. The van der Waals surface area contributed by atoms with Crippen LogP contribution in [-0.2, 0) is 18.8 Å². The van der Waals surface area contributed by atoms with Crippen molar-refractivity contribution in [3.05, 3.63) is 29.5 Å². The van der Waals surface area contributed by atoms with Gasteiger partial charge >= 0.3 is 6.18 Å². The van der Waals surface area contributed by atoms with Crippen LogP contribution in [0.1, 0.15) is 24.1 Å². The molecule has 0 radical (unpaired) electrons. The van der Waals surface area contributed by atoms with Crippen LogP contribution in [0.5, 0.6) is 0 Å². The van der Waals surface area contributed by atoms with E-state index in [-0.39, 0.29) is 5.39 Å². The molecule has 0 spiro atoms. The largest absolute Gasteiger partial charge is 0.433 e. The molecule has 3 rings (SSSR count). The number of fused-ring (bicyclic) bond motifs is 1. The van der Waals surface area contributed by atoms with Crippen LogP contribution in [0.25, 0.3) is 10.9 Å². The number of aryl methyl sites for hydroxylation is 1. The molecule has 0 bridgehead atoms. The zero-order valence-electron chi connectivity index (χ0n) is 9.75. The van der Waals surface area contributed by atoms with Gasteiger partial charge in [0.1, 0.15) is 5.69 Å². The highest BCUT2D eigenvalue weighted by Crippen LogP contribution is 2.47. The lowest BCUT2D eigenvalue weighted by Crippen LogP contribution is -2.20. The molecule has 1 aliphatic carbocycles. The Bertz CT molecular complexity index is 623. The predicted octanol–water partition coefficient (Wildman–Crippen LogP) is 2.54. The first-order valence-electron chi connectivity index (χ1n) is 5.65. The Morgan fingerprint density at radius 1 is 1.33 bits per heavy atom. The second-order valence-corrected chi connectivity index (χ2v) is 4.83. The van der Waals surface area contributed by atoms with Crippen molar-refractivity contribution in [2.24, 2.45) is 12.8 Å². The summed E-state index contributed by atoms with van der Waals surface area (Å²) in [5, 5.41) is 4.07. The van der Waals surface area contributed by atoms with Crippen molar-refractivity contribution in [1.82, 2.24) is 9.78 Å². The van der Waals surface area contributed by atoms with Crippen molar-refractivity contribution in [1.29, 1.82) is 0 Å². The van der Waals surface area contributed by atoms with Crippen molar-refractivity contribution in [3.63, 3.8) is 0 Å². The van der Waals surface area contributed by atoms with Gasteiger partial charge in [-0.2, -0.15) is 18.3 Å². The molecule has 0 aliphatic heterocycles. The molecule has 1 aromatic heterocycles.